The normalized spacial score (nSPS) is 10.9. The van der Waals surface area contributed by atoms with E-state index in [9.17, 15) is 4.79 Å². The van der Waals surface area contributed by atoms with Crippen molar-refractivity contribution in [1.82, 2.24) is 4.90 Å². The Bertz CT molecular complexity index is 538. The molecule has 1 amide bonds. The van der Waals surface area contributed by atoms with Gasteiger partial charge in [0.25, 0.3) is 0 Å². The first kappa shape index (κ1) is 17.2. The predicted octanol–water partition coefficient (Wildman–Crippen LogP) is 3.02. The van der Waals surface area contributed by atoms with Crippen LogP contribution in [0, 0.1) is 6.92 Å². The number of hydrogen-bond acceptors (Lipinski definition) is 3. The lowest BCUT2D eigenvalue weighted by Gasteiger charge is -2.25. The Hall–Kier alpha value is -1.82. The molecule has 0 radical (unpaired) electrons. The fourth-order valence-electron chi connectivity index (χ4n) is 1.78. The SMILES string of the molecule is Cc1c(CN(C)C(=O)OC(C)(C)C)cccc1NC(N)=S. The van der Waals surface area contributed by atoms with Crippen LogP contribution in [0.3, 0.4) is 0 Å². The molecule has 1 rings (SSSR count). The Balaban J connectivity index is 2.83. The summed E-state index contributed by atoms with van der Waals surface area (Å²) in [5.74, 6) is 0. The Morgan fingerprint density at radius 2 is 2.05 bits per heavy atom. The molecule has 0 aliphatic carbocycles. The highest BCUT2D eigenvalue weighted by molar-refractivity contribution is 7.80. The van der Waals surface area contributed by atoms with E-state index >= 15 is 0 Å². The van der Waals surface area contributed by atoms with Gasteiger partial charge in [0.1, 0.15) is 5.60 Å². The molecule has 3 N–H and O–H groups in total. The van der Waals surface area contributed by atoms with E-state index in [2.05, 4.69) is 5.32 Å². The standard InChI is InChI=1S/C15H23N3O2S/c1-10-11(7-6-8-12(10)17-13(16)21)9-18(5)14(19)20-15(2,3)4/h6-8H,9H2,1-5H3,(H3,16,17,21). The van der Waals surface area contributed by atoms with Crippen molar-refractivity contribution in [2.24, 2.45) is 5.73 Å². The van der Waals surface area contributed by atoms with Crippen LogP contribution in [0.2, 0.25) is 0 Å². The van der Waals surface area contributed by atoms with E-state index in [0.29, 0.717) is 6.54 Å². The Labute approximate surface area is 131 Å². The van der Waals surface area contributed by atoms with Gasteiger partial charge in [0, 0.05) is 19.3 Å². The Kier molecular flexibility index (Phi) is 5.54. The highest BCUT2D eigenvalue weighted by Gasteiger charge is 2.20. The molecular formula is C15H23N3O2S. The first-order valence-corrected chi connectivity index (χ1v) is 7.10. The van der Waals surface area contributed by atoms with Crippen molar-refractivity contribution < 1.29 is 9.53 Å². The van der Waals surface area contributed by atoms with Gasteiger partial charge in [-0.3, -0.25) is 0 Å². The zero-order chi connectivity index (χ0) is 16.2. The van der Waals surface area contributed by atoms with E-state index < -0.39 is 5.60 Å². The largest absolute Gasteiger partial charge is 0.444 e. The van der Waals surface area contributed by atoms with Gasteiger partial charge in [-0.1, -0.05) is 12.1 Å². The average molecular weight is 309 g/mol. The average Bonchev–Trinajstić information content (AvgIpc) is 2.31. The molecule has 0 saturated heterocycles. The summed E-state index contributed by atoms with van der Waals surface area (Å²) in [5.41, 5.74) is 7.84. The number of carbonyl (C=O) groups excluding carboxylic acids is 1. The summed E-state index contributed by atoms with van der Waals surface area (Å²) in [5, 5.41) is 3.15. The zero-order valence-corrected chi connectivity index (χ0v) is 14.0. The minimum Gasteiger partial charge on any atom is -0.444 e. The van der Waals surface area contributed by atoms with Crippen molar-refractivity contribution in [2.45, 2.75) is 39.8 Å². The van der Waals surface area contributed by atoms with Gasteiger partial charge in [-0.25, -0.2) is 4.79 Å². The fourth-order valence-corrected chi connectivity index (χ4v) is 1.89. The van der Waals surface area contributed by atoms with Gasteiger partial charge in [0.05, 0.1) is 0 Å². The number of thiocarbonyl (C=S) groups is 1. The molecule has 0 aliphatic rings. The van der Waals surface area contributed by atoms with Gasteiger partial charge < -0.3 is 20.7 Å². The van der Waals surface area contributed by atoms with Crippen LogP contribution in [0.5, 0.6) is 0 Å². The van der Waals surface area contributed by atoms with Gasteiger partial charge in [0.2, 0.25) is 0 Å². The lowest BCUT2D eigenvalue weighted by Crippen LogP contribution is -2.34. The van der Waals surface area contributed by atoms with Crippen molar-refractivity contribution in [3.05, 3.63) is 29.3 Å². The van der Waals surface area contributed by atoms with Gasteiger partial charge in [-0.2, -0.15) is 0 Å². The summed E-state index contributed by atoms with van der Waals surface area (Å²) >= 11 is 4.85. The summed E-state index contributed by atoms with van der Waals surface area (Å²) in [4.78, 5) is 13.5. The first-order valence-electron chi connectivity index (χ1n) is 6.69. The lowest BCUT2D eigenvalue weighted by molar-refractivity contribution is 0.0285. The van der Waals surface area contributed by atoms with Crippen molar-refractivity contribution in [3.8, 4) is 0 Å². The highest BCUT2D eigenvalue weighted by Crippen LogP contribution is 2.20. The van der Waals surface area contributed by atoms with Crippen molar-refractivity contribution in [1.29, 1.82) is 0 Å². The van der Waals surface area contributed by atoms with Crippen LogP contribution in [0.4, 0.5) is 10.5 Å². The minimum absolute atomic E-state index is 0.218. The molecule has 0 spiro atoms. The number of carbonyl (C=O) groups is 1. The maximum Gasteiger partial charge on any atom is 0.410 e. The second-order valence-electron chi connectivity index (χ2n) is 5.92. The molecule has 21 heavy (non-hydrogen) atoms. The number of amides is 1. The molecular weight excluding hydrogens is 286 g/mol. The monoisotopic (exact) mass is 309 g/mol. The number of ether oxygens (including phenoxy) is 1. The third-order valence-corrected chi connectivity index (χ3v) is 2.92. The Morgan fingerprint density at radius 3 is 2.57 bits per heavy atom. The molecule has 1 aromatic rings. The molecule has 0 fully saturated rings. The minimum atomic E-state index is -0.504. The van der Waals surface area contributed by atoms with E-state index in [1.807, 2.05) is 45.9 Å². The second-order valence-corrected chi connectivity index (χ2v) is 6.36. The number of benzene rings is 1. The van der Waals surface area contributed by atoms with Crippen molar-refractivity contribution in [3.63, 3.8) is 0 Å². The molecule has 0 atom stereocenters. The molecule has 0 saturated carbocycles. The van der Waals surface area contributed by atoms with Gasteiger partial charge >= 0.3 is 6.09 Å². The number of rotatable bonds is 3. The van der Waals surface area contributed by atoms with E-state index in [1.54, 1.807) is 7.05 Å². The molecule has 0 aliphatic heterocycles. The second kappa shape index (κ2) is 6.76. The number of hydrogen-bond donors (Lipinski definition) is 2. The van der Waals surface area contributed by atoms with Crippen LogP contribution in [-0.4, -0.2) is 28.8 Å². The van der Waals surface area contributed by atoms with E-state index in [4.69, 9.17) is 22.7 Å². The molecule has 5 nitrogen and oxygen atoms in total. The van der Waals surface area contributed by atoms with E-state index in [0.717, 1.165) is 16.8 Å². The molecule has 1 aromatic carbocycles. The zero-order valence-electron chi connectivity index (χ0n) is 13.2. The number of nitrogens with one attached hydrogen (secondary N) is 1. The van der Waals surface area contributed by atoms with Crippen LogP contribution in [-0.2, 0) is 11.3 Å². The molecule has 0 aromatic heterocycles. The molecule has 0 heterocycles. The lowest BCUT2D eigenvalue weighted by atomic mass is 10.1. The number of nitrogens with zero attached hydrogens (tertiary/aromatic N) is 1. The molecule has 0 unspecified atom stereocenters. The van der Waals surface area contributed by atoms with Gasteiger partial charge in [-0.15, -0.1) is 0 Å². The fraction of sp³-hybridized carbons (Fsp3) is 0.467. The van der Waals surface area contributed by atoms with Gasteiger partial charge in [-0.05, 0) is 57.1 Å². The van der Waals surface area contributed by atoms with Crippen LogP contribution in [0.15, 0.2) is 18.2 Å². The summed E-state index contributed by atoms with van der Waals surface area (Å²) in [7, 11) is 1.71. The predicted molar refractivity (Wildman–Crippen MR) is 89.3 cm³/mol. The van der Waals surface area contributed by atoms with E-state index in [1.165, 1.54) is 4.90 Å². The number of nitrogens with two attached hydrogens (primary N) is 1. The summed E-state index contributed by atoms with van der Waals surface area (Å²) < 4.78 is 5.34. The third-order valence-electron chi connectivity index (χ3n) is 2.82. The maximum atomic E-state index is 12.0. The maximum absolute atomic E-state index is 12.0. The molecule has 0 bridgehead atoms. The van der Waals surface area contributed by atoms with Crippen LogP contribution in [0.25, 0.3) is 0 Å². The quantitative estimate of drug-likeness (QED) is 0.840. The van der Waals surface area contributed by atoms with Crippen molar-refractivity contribution >= 4 is 29.1 Å². The first-order chi connectivity index (χ1) is 9.60. The summed E-state index contributed by atoms with van der Waals surface area (Å²) in [6.45, 7) is 7.94. The van der Waals surface area contributed by atoms with E-state index in [-0.39, 0.29) is 11.2 Å². The van der Waals surface area contributed by atoms with Crippen molar-refractivity contribution in [2.75, 3.05) is 12.4 Å². The molecule has 6 heteroatoms. The topological polar surface area (TPSA) is 67.6 Å². The summed E-state index contributed by atoms with van der Waals surface area (Å²) in [6, 6.07) is 5.75. The van der Waals surface area contributed by atoms with Gasteiger partial charge in [0.15, 0.2) is 5.11 Å². The number of anilines is 1. The molecule has 116 valence electrons. The van der Waals surface area contributed by atoms with Crippen LogP contribution < -0.4 is 11.1 Å². The summed E-state index contributed by atoms with van der Waals surface area (Å²) in [6.07, 6.45) is -0.352. The van der Waals surface area contributed by atoms with Crippen LogP contribution >= 0.6 is 12.2 Å². The third kappa shape index (κ3) is 5.59. The van der Waals surface area contributed by atoms with Crippen LogP contribution in [0.1, 0.15) is 31.9 Å². The Morgan fingerprint density at radius 1 is 1.43 bits per heavy atom. The smallest absolute Gasteiger partial charge is 0.410 e. The highest BCUT2D eigenvalue weighted by atomic mass is 32.1.